The number of amidine groups is 1. The molecule has 1 aromatic rings. The van der Waals surface area contributed by atoms with Gasteiger partial charge in [0.25, 0.3) is 0 Å². The van der Waals surface area contributed by atoms with Crippen molar-refractivity contribution in [3.8, 4) is 0 Å². The van der Waals surface area contributed by atoms with Crippen LogP contribution in [0.3, 0.4) is 0 Å². The third-order valence-electron chi connectivity index (χ3n) is 2.06. The number of aliphatic imine (C=N–C) groups is 1. The number of halogens is 1. The van der Waals surface area contributed by atoms with Crippen molar-refractivity contribution in [1.29, 1.82) is 0 Å². The second-order valence-corrected chi connectivity index (χ2v) is 3.61. The predicted molar refractivity (Wildman–Crippen MR) is 57.7 cm³/mol. The Kier molecular flexibility index (Phi) is 2.68. The lowest BCUT2D eigenvalue weighted by Gasteiger charge is -1.97. The Morgan fingerprint density at radius 1 is 1.36 bits per heavy atom. The standard InChI is InChI=1S/C10H11ClN3/c1-2-3-4-9-12-7-5-6-8(11)13-10(7)14-9/h5-6H,2-4H2,1H3. The minimum absolute atomic E-state index is 0.472. The molecule has 14 heavy (non-hydrogen) atoms. The average Bonchev–Trinajstić information content (AvgIpc) is 2.56. The molecule has 0 saturated heterocycles. The SMILES string of the molecule is CCCCC1=Nc2ccc(Cl)nc2[N]1. The molecule has 0 atom stereocenters. The van der Waals surface area contributed by atoms with Gasteiger partial charge in [0.2, 0.25) is 0 Å². The zero-order valence-corrected chi connectivity index (χ0v) is 8.75. The van der Waals surface area contributed by atoms with Crippen molar-refractivity contribution in [1.82, 2.24) is 10.3 Å². The highest BCUT2D eigenvalue weighted by Gasteiger charge is 2.16. The number of hydrogen-bond acceptors (Lipinski definition) is 2. The Hall–Kier alpha value is -1.09. The fraction of sp³-hybridized carbons (Fsp3) is 0.400. The van der Waals surface area contributed by atoms with E-state index in [0.29, 0.717) is 11.0 Å². The van der Waals surface area contributed by atoms with E-state index in [4.69, 9.17) is 11.6 Å². The zero-order valence-electron chi connectivity index (χ0n) is 8.00. The number of nitrogens with zero attached hydrogens (tertiary/aromatic N) is 3. The van der Waals surface area contributed by atoms with Gasteiger partial charge in [0.05, 0.1) is 0 Å². The molecule has 1 aromatic heterocycles. The van der Waals surface area contributed by atoms with Gasteiger partial charge in [-0.1, -0.05) is 24.9 Å². The van der Waals surface area contributed by atoms with Gasteiger partial charge in [-0.15, -0.1) is 0 Å². The molecule has 0 aromatic carbocycles. The van der Waals surface area contributed by atoms with E-state index in [-0.39, 0.29) is 0 Å². The molecule has 0 N–H and O–H groups in total. The molecule has 4 heteroatoms. The van der Waals surface area contributed by atoms with E-state index < -0.39 is 0 Å². The van der Waals surface area contributed by atoms with Gasteiger partial charge in [-0.2, -0.15) is 0 Å². The molecule has 2 heterocycles. The van der Waals surface area contributed by atoms with Crippen LogP contribution in [0.4, 0.5) is 11.5 Å². The van der Waals surface area contributed by atoms with E-state index in [2.05, 4.69) is 22.2 Å². The second kappa shape index (κ2) is 3.96. The fourth-order valence-corrected chi connectivity index (χ4v) is 1.46. The first-order valence-corrected chi connectivity index (χ1v) is 5.13. The lowest BCUT2D eigenvalue weighted by atomic mass is 10.2. The first-order chi connectivity index (χ1) is 6.79. The molecule has 3 nitrogen and oxygen atoms in total. The van der Waals surface area contributed by atoms with Crippen molar-refractivity contribution in [3.63, 3.8) is 0 Å². The van der Waals surface area contributed by atoms with Gasteiger partial charge in [-0.05, 0) is 18.6 Å². The highest BCUT2D eigenvalue weighted by atomic mass is 35.5. The molecule has 73 valence electrons. The van der Waals surface area contributed by atoms with Crippen LogP contribution in [-0.2, 0) is 0 Å². The Morgan fingerprint density at radius 2 is 2.21 bits per heavy atom. The summed E-state index contributed by atoms with van der Waals surface area (Å²) in [6, 6.07) is 3.59. The van der Waals surface area contributed by atoms with Crippen molar-refractivity contribution in [3.05, 3.63) is 17.3 Å². The van der Waals surface area contributed by atoms with Crippen molar-refractivity contribution >= 4 is 28.9 Å². The minimum Gasteiger partial charge on any atom is -0.230 e. The van der Waals surface area contributed by atoms with Crippen LogP contribution >= 0.6 is 11.6 Å². The molecule has 0 fully saturated rings. The molecule has 0 spiro atoms. The van der Waals surface area contributed by atoms with Crippen LogP contribution in [0, 0.1) is 0 Å². The summed E-state index contributed by atoms with van der Waals surface area (Å²) in [5, 5.41) is 4.78. The van der Waals surface area contributed by atoms with Gasteiger partial charge >= 0.3 is 0 Å². The quantitative estimate of drug-likeness (QED) is 0.703. The maximum absolute atomic E-state index is 5.75. The van der Waals surface area contributed by atoms with E-state index >= 15 is 0 Å². The fourth-order valence-electron chi connectivity index (χ4n) is 1.32. The number of unbranched alkanes of at least 4 members (excludes halogenated alkanes) is 1. The van der Waals surface area contributed by atoms with Gasteiger partial charge in [-0.3, -0.25) is 0 Å². The second-order valence-electron chi connectivity index (χ2n) is 3.22. The number of hydrogen-bond donors (Lipinski definition) is 0. The summed E-state index contributed by atoms with van der Waals surface area (Å²) in [6.45, 7) is 2.15. The summed E-state index contributed by atoms with van der Waals surface area (Å²) in [5.41, 5.74) is 0.834. The van der Waals surface area contributed by atoms with Crippen LogP contribution in [-0.4, -0.2) is 10.8 Å². The van der Waals surface area contributed by atoms with Gasteiger partial charge in [-0.25, -0.2) is 15.3 Å². The third kappa shape index (κ3) is 1.87. The van der Waals surface area contributed by atoms with Gasteiger partial charge in [0.1, 0.15) is 16.7 Å². The monoisotopic (exact) mass is 208 g/mol. The largest absolute Gasteiger partial charge is 0.230 e. The van der Waals surface area contributed by atoms with E-state index in [9.17, 15) is 0 Å². The van der Waals surface area contributed by atoms with E-state index in [1.165, 1.54) is 0 Å². The minimum atomic E-state index is 0.472. The lowest BCUT2D eigenvalue weighted by molar-refractivity contribution is 0.824. The Bertz CT molecular complexity index is 374. The molecule has 0 bridgehead atoms. The number of rotatable bonds is 3. The first-order valence-electron chi connectivity index (χ1n) is 4.75. The summed E-state index contributed by atoms with van der Waals surface area (Å²) >= 11 is 5.75. The third-order valence-corrected chi connectivity index (χ3v) is 2.27. The van der Waals surface area contributed by atoms with Crippen LogP contribution in [0.15, 0.2) is 17.1 Å². The Morgan fingerprint density at radius 3 is 3.00 bits per heavy atom. The summed E-state index contributed by atoms with van der Waals surface area (Å²) in [5.74, 6) is 1.53. The maximum atomic E-state index is 5.75. The number of pyridine rings is 1. The van der Waals surface area contributed by atoms with Crippen LogP contribution in [0.5, 0.6) is 0 Å². The van der Waals surface area contributed by atoms with Crippen molar-refractivity contribution in [2.45, 2.75) is 26.2 Å². The summed E-state index contributed by atoms with van der Waals surface area (Å²) in [6.07, 6.45) is 3.19. The van der Waals surface area contributed by atoms with Gasteiger partial charge in [0.15, 0.2) is 5.82 Å². The van der Waals surface area contributed by atoms with Crippen molar-refractivity contribution in [2.24, 2.45) is 4.99 Å². The predicted octanol–water partition coefficient (Wildman–Crippen LogP) is 3.20. The van der Waals surface area contributed by atoms with Crippen LogP contribution in [0.1, 0.15) is 26.2 Å². The normalized spacial score (nSPS) is 13.4. The molecule has 0 aliphatic carbocycles. The van der Waals surface area contributed by atoms with Crippen LogP contribution < -0.4 is 5.32 Å². The number of fused-ring (bicyclic) bond motifs is 1. The van der Waals surface area contributed by atoms with E-state index in [1.807, 2.05) is 6.07 Å². The van der Waals surface area contributed by atoms with Gasteiger partial charge < -0.3 is 0 Å². The molecule has 0 unspecified atom stereocenters. The number of aromatic nitrogens is 1. The smallest absolute Gasteiger partial charge is 0.181 e. The van der Waals surface area contributed by atoms with Crippen molar-refractivity contribution in [2.75, 3.05) is 0 Å². The molecule has 2 rings (SSSR count). The zero-order chi connectivity index (χ0) is 9.97. The summed E-state index contributed by atoms with van der Waals surface area (Å²) < 4.78 is 0. The molecule has 1 aliphatic heterocycles. The molecule has 1 radical (unpaired) electrons. The average molecular weight is 209 g/mol. The maximum Gasteiger partial charge on any atom is 0.181 e. The van der Waals surface area contributed by atoms with Crippen molar-refractivity contribution < 1.29 is 0 Å². The lowest BCUT2D eigenvalue weighted by Crippen LogP contribution is -2.06. The van der Waals surface area contributed by atoms with Gasteiger partial charge in [0, 0.05) is 6.42 Å². The molecule has 0 amide bonds. The highest BCUT2D eigenvalue weighted by Crippen LogP contribution is 2.30. The summed E-state index contributed by atoms with van der Waals surface area (Å²) in [4.78, 5) is 8.46. The molecule has 0 saturated carbocycles. The first kappa shape index (κ1) is 9.46. The highest BCUT2D eigenvalue weighted by molar-refractivity contribution is 6.29. The van der Waals surface area contributed by atoms with Crippen LogP contribution in [0.25, 0.3) is 0 Å². The Balaban J connectivity index is 2.12. The molecule has 1 aliphatic rings. The topological polar surface area (TPSA) is 39.4 Å². The van der Waals surface area contributed by atoms with E-state index in [1.54, 1.807) is 6.07 Å². The van der Waals surface area contributed by atoms with Crippen LogP contribution in [0.2, 0.25) is 5.15 Å². The molecular formula is C10H11ClN3. The Labute approximate surface area is 88.2 Å². The molecular weight excluding hydrogens is 198 g/mol. The van der Waals surface area contributed by atoms with E-state index in [0.717, 1.165) is 30.8 Å². The summed E-state index contributed by atoms with van der Waals surface area (Å²) in [7, 11) is 0.